The van der Waals surface area contributed by atoms with E-state index in [1.807, 2.05) is 27.7 Å². The van der Waals surface area contributed by atoms with Crippen LogP contribution in [0, 0.1) is 5.92 Å². The molecule has 2 aromatic heterocycles. The number of aromatic nitrogens is 5. The van der Waals surface area contributed by atoms with Gasteiger partial charge in [-0.2, -0.15) is 13.8 Å². The van der Waals surface area contributed by atoms with Crippen LogP contribution >= 0.6 is 0 Å². The van der Waals surface area contributed by atoms with Crippen LogP contribution in [0.25, 0.3) is 17.1 Å². The van der Waals surface area contributed by atoms with Crippen molar-refractivity contribution in [3.63, 3.8) is 0 Å². The van der Waals surface area contributed by atoms with Crippen molar-refractivity contribution < 1.29 is 48.3 Å². The zero-order chi connectivity index (χ0) is 40.4. The number of alkyl halides is 2. The Morgan fingerprint density at radius 3 is 2.27 bits per heavy atom. The number of aliphatic hydroxyl groups excluding tert-OH is 2. The van der Waals surface area contributed by atoms with Crippen molar-refractivity contribution in [1.29, 1.82) is 0 Å². The highest BCUT2D eigenvalue weighted by molar-refractivity contribution is 6.01. The van der Waals surface area contributed by atoms with Crippen LogP contribution in [-0.4, -0.2) is 99.8 Å². The Hall–Kier alpha value is -5.79. The summed E-state index contributed by atoms with van der Waals surface area (Å²) in [7, 11) is 0. The van der Waals surface area contributed by atoms with Gasteiger partial charge in [0.05, 0.1) is 12.2 Å². The number of carbonyl (C=O) groups is 3. The van der Waals surface area contributed by atoms with Crippen LogP contribution < -0.4 is 21.6 Å². The quantitative estimate of drug-likeness (QED) is 0.104. The van der Waals surface area contributed by atoms with Gasteiger partial charge in [0.2, 0.25) is 18.0 Å². The summed E-state index contributed by atoms with van der Waals surface area (Å²) in [5.41, 5.74) is -0.0495. The molecule has 1 aliphatic rings. The Bertz CT molecular complexity index is 2120. The summed E-state index contributed by atoms with van der Waals surface area (Å²) < 4.78 is 36.0. The van der Waals surface area contributed by atoms with Crippen LogP contribution in [0.15, 0.2) is 53.5 Å². The van der Waals surface area contributed by atoms with E-state index in [1.165, 1.54) is 34.9 Å². The van der Waals surface area contributed by atoms with Gasteiger partial charge in [0.1, 0.15) is 29.5 Å². The number of ether oxygens (including phenoxy) is 1. The molecule has 4 aromatic rings. The minimum atomic E-state index is -3.92. The predicted molar refractivity (Wildman–Crippen MR) is 192 cm³/mol. The molecule has 7 N–H and O–H groups in total. The number of phenolic OH excluding ortho intramolecular Hbond substituents is 2. The van der Waals surface area contributed by atoms with Gasteiger partial charge in [-0.3, -0.25) is 23.5 Å². The first-order valence-electron chi connectivity index (χ1n) is 17.4. The van der Waals surface area contributed by atoms with E-state index >= 15 is 0 Å². The smallest absolute Gasteiger partial charge is 0.351 e. The van der Waals surface area contributed by atoms with Gasteiger partial charge in [-0.25, -0.2) is 4.79 Å². The molecular weight excluding hydrogens is 726 g/mol. The molecule has 1 aliphatic heterocycles. The number of phenols is 2. The van der Waals surface area contributed by atoms with Crippen LogP contribution in [0.1, 0.15) is 79.7 Å². The highest BCUT2D eigenvalue weighted by Gasteiger charge is 2.59. The molecule has 0 unspecified atom stereocenters. The molecule has 55 heavy (non-hydrogen) atoms. The second kappa shape index (κ2) is 16.3. The Morgan fingerprint density at radius 2 is 1.69 bits per heavy atom. The van der Waals surface area contributed by atoms with E-state index in [0.717, 1.165) is 12.3 Å². The third kappa shape index (κ3) is 8.32. The van der Waals surface area contributed by atoms with E-state index in [1.54, 1.807) is 13.0 Å². The molecule has 4 atom stereocenters. The van der Waals surface area contributed by atoms with E-state index in [0.29, 0.717) is 15.8 Å². The molecule has 3 heterocycles. The third-order valence-corrected chi connectivity index (χ3v) is 8.82. The molecule has 5 rings (SSSR count). The van der Waals surface area contributed by atoms with Gasteiger partial charge < -0.3 is 41.1 Å². The summed E-state index contributed by atoms with van der Waals surface area (Å²) in [6.45, 7) is 8.45. The number of aromatic hydroxyl groups is 2. The maximum Gasteiger partial charge on any atom is 0.351 e. The van der Waals surface area contributed by atoms with Gasteiger partial charge in [-0.05, 0) is 67.1 Å². The van der Waals surface area contributed by atoms with Gasteiger partial charge >= 0.3 is 11.6 Å². The monoisotopic (exact) mass is 768 g/mol. The molecule has 19 heteroatoms. The standard InChI is InChI=1S/C36H42F2N8O9/c1-6-39-33(53)30-44-43-29(22-14-21(18(4)5)24(48)15-25(22)49)46(30)20-9-7-19(8-10-20)31(51)40-23(13-17(2)3)32(52)41-27-11-12-45(35(54)42-27)34-36(37,38)28(50)26(16-47)55-34/h7-12,14-15,17-18,23,26,28,34,47-50H,6,13,16H2,1-5H3,(H,39,53)(H,40,51)(H,41,42,52,54)/t23-,26+,28+,34+/m0/s1. The maximum absolute atomic E-state index is 14.6. The van der Waals surface area contributed by atoms with Gasteiger partial charge in [-0.1, -0.05) is 27.7 Å². The first kappa shape index (κ1) is 40.4. The van der Waals surface area contributed by atoms with Gasteiger partial charge in [0.15, 0.2) is 11.9 Å². The molecule has 294 valence electrons. The molecule has 17 nitrogen and oxygen atoms in total. The first-order valence-corrected chi connectivity index (χ1v) is 17.4. The van der Waals surface area contributed by atoms with Crippen molar-refractivity contribution in [2.45, 2.75) is 77.4 Å². The Balaban J connectivity index is 1.38. The Kier molecular flexibility index (Phi) is 12.0. The fourth-order valence-electron chi connectivity index (χ4n) is 6.02. The first-order chi connectivity index (χ1) is 26.0. The molecule has 3 amide bonds. The van der Waals surface area contributed by atoms with E-state index in [4.69, 9.17) is 4.74 Å². The van der Waals surface area contributed by atoms with E-state index in [9.17, 15) is 48.4 Å². The number of amides is 3. The maximum atomic E-state index is 14.6. The van der Waals surface area contributed by atoms with Crippen molar-refractivity contribution >= 4 is 23.5 Å². The second-order valence-electron chi connectivity index (χ2n) is 13.6. The molecule has 0 aliphatic carbocycles. The zero-order valence-corrected chi connectivity index (χ0v) is 30.5. The van der Waals surface area contributed by atoms with Crippen molar-refractivity contribution in [3.8, 4) is 28.6 Å². The minimum Gasteiger partial charge on any atom is -0.508 e. The topological polar surface area (TPSA) is 243 Å². The summed E-state index contributed by atoms with van der Waals surface area (Å²) in [4.78, 5) is 56.2. The number of aliphatic hydroxyl groups is 2. The number of hydrogen-bond donors (Lipinski definition) is 7. The SMILES string of the molecule is CCNC(=O)c1nnc(-c2cc(C(C)C)c(O)cc2O)n1-c1ccc(C(=O)N[C@@H](CC(C)C)C(=O)Nc2ccn([C@@H]3O[C@H](CO)[C@@H](O)C3(F)F)c(=O)n2)cc1. The van der Waals surface area contributed by atoms with E-state index in [2.05, 4.69) is 31.1 Å². The summed E-state index contributed by atoms with van der Waals surface area (Å²) in [5.74, 6) is -6.85. The minimum absolute atomic E-state index is 0.0872. The van der Waals surface area contributed by atoms with Crippen molar-refractivity contribution in [1.82, 2.24) is 34.9 Å². The molecular formula is C36H42F2N8O9. The van der Waals surface area contributed by atoms with Gasteiger partial charge in [0, 0.05) is 30.1 Å². The van der Waals surface area contributed by atoms with Crippen LogP contribution in [0.4, 0.5) is 14.6 Å². The number of halogens is 2. The van der Waals surface area contributed by atoms with Crippen LogP contribution in [0.2, 0.25) is 0 Å². The highest BCUT2D eigenvalue weighted by atomic mass is 19.3. The van der Waals surface area contributed by atoms with Crippen LogP contribution in [0.5, 0.6) is 11.5 Å². The fraction of sp³-hybridized carbons (Fsp3) is 0.417. The summed E-state index contributed by atoms with van der Waals surface area (Å²) in [6.07, 6.45) is -5.19. The molecule has 1 saturated heterocycles. The number of rotatable bonds is 13. The number of nitrogens with one attached hydrogen (secondary N) is 3. The second-order valence-corrected chi connectivity index (χ2v) is 13.6. The number of carbonyl (C=O) groups excluding carboxylic acids is 3. The molecule has 0 spiro atoms. The van der Waals surface area contributed by atoms with Crippen molar-refractivity contribution in [2.24, 2.45) is 5.92 Å². The van der Waals surface area contributed by atoms with Crippen molar-refractivity contribution in [3.05, 3.63) is 76.1 Å². The number of benzene rings is 2. The van der Waals surface area contributed by atoms with E-state index in [-0.39, 0.29) is 64.9 Å². The molecule has 0 bridgehead atoms. The lowest BCUT2D eigenvalue weighted by Gasteiger charge is -2.22. The average molecular weight is 769 g/mol. The normalized spacial score (nSPS) is 18.3. The Morgan fingerprint density at radius 1 is 1.00 bits per heavy atom. The number of nitrogens with zero attached hydrogens (tertiary/aromatic N) is 5. The van der Waals surface area contributed by atoms with Crippen molar-refractivity contribution in [2.75, 3.05) is 18.5 Å². The lowest BCUT2D eigenvalue weighted by Crippen LogP contribution is -2.45. The largest absolute Gasteiger partial charge is 0.508 e. The number of hydrogen-bond acceptors (Lipinski definition) is 12. The predicted octanol–water partition coefficient (Wildman–Crippen LogP) is 2.44. The fourth-order valence-corrected chi connectivity index (χ4v) is 6.02. The average Bonchev–Trinajstić information content (AvgIpc) is 3.66. The zero-order valence-electron chi connectivity index (χ0n) is 30.5. The van der Waals surface area contributed by atoms with Gasteiger partial charge in [0.25, 0.3) is 11.8 Å². The van der Waals surface area contributed by atoms with Gasteiger partial charge in [-0.15, -0.1) is 10.2 Å². The Labute approximate surface area is 313 Å². The lowest BCUT2D eigenvalue weighted by molar-refractivity contribution is -0.141. The summed E-state index contributed by atoms with van der Waals surface area (Å²) in [5, 5.41) is 56.2. The van der Waals surface area contributed by atoms with E-state index < -0.39 is 60.4 Å². The summed E-state index contributed by atoms with van der Waals surface area (Å²) >= 11 is 0. The van der Waals surface area contributed by atoms with Crippen LogP contribution in [0.3, 0.4) is 0 Å². The molecule has 0 radical (unpaired) electrons. The molecule has 1 fully saturated rings. The summed E-state index contributed by atoms with van der Waals surface area (Å²) in [6, 6.07) is 8.58. The highest BCUT2D eigenvalue weighted by Crippen LogP contribution is 2.42. The molecule has 0 saturated carbocycles. The third-order valence-electron chi connectivity index (χ3n) is 8.82. The lowest BCUT2D eigenvalue weighted by atomic mass is 9.98. The number of anilines is 1. The van der Waals surface area contributed by atoms with Crippen LogP contribution in [-0.2, 0) is 9.53 Å². The molecule has 2 aromatic carbocycles.